The second-order valence-electron chi connectivity index (χ2n) is 5.84. The van der Waals surface area contributed by atoms with Gasteiger partial charge >= 0.3 is 0 Å². The standard InChI is InChI=1S/C19H15ClN6S/c20-17-9-5-4-8-15(17)11-25-12-16(10-22-26-13-21-23-19(26)27)18(24-25)14-6-2-1-3-7-14/h1-10,12-13H,11H2,(H,23,27)/b22-10-. The van der Waals surface area contributed by atoms with Crippen molar-refractivity contribution in [3.63, 3.8) is 0 Å². The van der Waals surface area contributed by atoms with Gasteiger partial charge in [-0.1, -0.05) is 60.1 Å². The molecule has 2 aromatic heterocycles. The Hall–Kier alpha value is -3.03. The fraction of sp³-hybridized carbons (Fsp3) is 0.0526. The summed E-state index contributed by atoms with van der Waals surface area (Å²) in [6.45, 7) is 0.568. The lowest BCUT2D eigenvalue weighted by Gasteiger charge is -2.04. The Morgan fingerprint density at radius 3 is 2.63 bits per heavy atom. The van der Waals surface area contributed by atoms with Gasteiger partial charge in [0.15, 0.2) is 0 Å². The van der Waals surface area contributed by atoms with Crippen LogP contribution in [0.3, 0.4) is 0 Å². The summed E-state index contributed by atoms with van der Waals surface area (Å²) in [6, 6.07) is 17.7. The van der Waals surface area contributed by atoms with Crippen LogP contribution in [0.2, 0.25) is 5.02 Å². The molecule has 0 unspecified atom stereocenters. The number of benzene rings is 2. The summed E-state index contributed by atoms with van der Waals surface area (Å²) in [6.07, 6.45) is 5.19. The lowest BCUT2D eigenvalue weighted by molar-refractivity contribution is 0.689. The maximum Gasteiger partial charge on any atom is 0.216 e. The van der Waals surface area contributed by atoms with Crippen LogP contribution in [0.4, 0.5) is 0 Å². The molecule has 0 amide bonds. The summed E-state index contributed by atoms with van der Waals surface area (Å²) in [5, 5.41) is 16.4. The molecule has 4 rings (SSSR count). The van der Waals surface area contributed by atoms with Gasteiger partial charge in [0.25, 0.3) is 0 Å². The minimum Gasteiger partial charge on any atom is -0.267 e. The molecule has 1 N–H and O–H groups in total. The fourth-order valence-electron chi connectivity index (χ4n) is 2.68. The molecule has 0 spiro atoms. The molecule has 0 bridgehead atoms. The predicted octanol–water partition coefficient (Wildman–Crippen LogP) is 4.39. The van der Waals surface area contributed by atoms with Gasteiger partial charge in [-0.2, -0.15) is 20.0 Å². The summed E-state index contributed by atoms with van der Waals surface area (Å²) in [7, 11) is 0. The van der Waals surface area contributed by atoms with E-state index in [1.54, 1.807) is 6.21 Å². The van der Waals surface area contributed by atoms with Crippen molar-refractivity contribution in [3.05, 3.63) is 88.0 Å². The zero-order chi connectivity index (χ0) is 18.6. The Morgan fingerprint density at radius 2 is 1.89 bits per heavy atom. The minimum atomic E-state index is 0.427. The van der Waals surface area contributed by atoms with Crippen molar-refractivity contribution < 1.29 is 0 Å². The van der Waals surface area contributed by atoms with Crippen LogP contribution in [0, 0.1) is 4.77 Å². The summed E-state index contributed by atoms with van der Waals surface area (Å²) in [5.74, 6) is 0. The number of rotatable bonds is 5. The summed E-state index contributed by atoms with van der Waals surface area (Å²) in [5.41, 5.74) is 3.72. The Bertz CT molecular complexity index is 1140. The highest BCUT2D eigenvalue weighted by Gasteiger charge is 2.11. The zero-order valence-corrected chi connectivity index (χ0v) is 15.7. The Balaban J connectivity index is 1.73. The smallest absolute Gasteiger partial charge is 0.216 e. The average molecular weight is 395 g/mol. The highest BCUT2D eigenvalue weighted by Crippen LogP contribution is 2.22. The molecule has 6 nitrogen and oxygen atoms in total. The third-order valence-electron chi connectivity index (χ3n) is 3.98. The van der Waals surface area contributed by atoms with Crippen LogP contribution in [0.1, 0.15) is 11.1 Å². The van der Waals surface area contributed by atoms with Crippen molar-refractivity contribution in [1.82, 2.24) is 24.7 Å². The normalized spacial score (nSPS) is 11.3. The van der Waals surface area contributed by atoms with E-state index < -0.39 is 0 Å². The second kappa shape index (κ2) is 7.69. The van der Waals surface area contributed by atoms with E-state index in [4.69, 9.17) is 28.9 Å². The monoisotopic (exact) mass is 394 g/mol. The topological polar surface area (TPSA) is 63.8 Å². The number of nitrogens with one attached hydrogen (secondary N) is 1. The number of halogens is 1. The van der Waals surface area contributed by atoms with Gasteiger partial charge in [0.2, 0.25) is 4.77 Å². The van der Waals surface area contributed by atoms with Crippen LogP contribution in [-0.4, -0.2) is 30.9 Å². The molecule has 4 aromatic rings. The first kappa shape index (κ1) is 17.4. The lowest BCUT2D eigenvalue weighted by Crippen LogP contribution is -2.00. The van der Waals surface area contributed by atoms with Gasteiger partial charge in [-0.25, -0.2) is 0 Å². The van der Waals surface area contributed by atoms with Gasteiger partial charge in [-0.15, -0.1) is 0 Å². The molecule has 0 saturated heterocycles. The van der Waals surface area contributed by atoms with Gasteiger partial charge in [-0.05, 0) is 23.8 Å². The van der Waals surface area contributed by atoms with Crippen molar-refractivity contribution in [2.45, 2.75) is 6.54 Å². The maximum absolute atomic E-state index is 6.29. The Morgan fingerprint density at radius 1 is 1.11 bits per heavy atom. The van der Waals surface area contributed by atoms with Gasteiger partial charge in [0.1, 0.15) is 12.0 Å². The van der Waals surface area contributed by atoms with E-state index in [1.807, 2.05) is 65.5 Å². The predicted molar refractivity (Wildman–Crippen MR) is 109 cm³/mol. The van der Waals surface area contributed by atoms with E-state index in [-0.39, 0.29) is 0 Å². The molecular formula is C19H15ClN6S. The first-order chi connectivity index (χ1) is 13.2. The third-order valence-corrected chi connectivity index (χ3v) is 4.63. The zero-order valence-electron chi connectivity index (χ0n) is 14.2. The number of aromatic nitrogens is 5. The molecule has 0 fully saturated rings. The number of hydrogen-bond acceptors (Lipinski definition) is 4. The molecule has 0 radical (unpaired) electrons. The van der Waals surface area contributed by atoms with E-state index >= 15 is 0 Å². The first-order valence-corrected chi connectivity index (χ1v) is 9.02. The molecular weight excluding hydrogens is 380 g/mol. The highest BCUT2D eigenvalue weighted by atomic mass is 35.5. The molecule has 0 aliphatic heterocycles. The van der Waals surface area contributed by atoms with E-state index in [9.17, 15) is 0 Å². The summed E-state index contributed by atoms with van der Waals surface area (Å²) >= 11 is 11.4. The molecule has 0 aliphatic rings. The number of H-pyrrole nitrogens is 1. The minimum absolute atomic E-state index is 0.427. The van der Waals surface area contributed by atoms with Crippen molar-refractivity contribution in [1.29, 1.82) is 0 Å². The van der Waals surface area contributed by atoms with Gasteiger partial charge in [-0.3, -0.25) is 9.78 Å². The lowest BCUT2D eigenvalue weighted by atomic mass is 10.1. The number of aromatic amines is 1. The largest absolute Gasteiger partial charge is 0.267 e. The van der Waals surface area contributed by atoms with Crippen molar-refractivity contribution in [2.75, 3.05) is 0 Å². The molecule has 0 aliphatic carbocycles. The van der Waals surface area contributed by atoms with Crippen molar-refractivity contribution >= 4 is 30.0 Å². The van der Waals surface area contributed by atoms with E-state index in [0.29, 0.717) is 16.3 Å². The summed E-state index contributed by atoms with van der Waals surface area (Å²) < 4.78 is 3.78. The molecule has 0 atom stereocenters. The Labute approximate surface area is 165 Å². The molecule has 134 valence electrons. The van der Waals surface area contributed by atoms with Crippen molar-refractivity contribution in [2.24, 2.45) is 5.10 Å². The quantitative estimate of drug-likeness (QED) is 0.403. The van der Waals surface area contributed by atoms with Crippen LogP contribution in [0.5, 0.6) is 0 Å². The van der Waals surface area contributed by atoms with Crippen LogP contribution >= 0.6 is 23.8 Å². The van der Waals surface area contributed by atoms with Gasteiger partial charge < -0.3 is 0 Å². The summed E-state index contributed by atoms with van der Waals surface area (Å²) in [4.78, 5) is 0. The van der Waals surface area contributed by atoms with E-state index in [0.717, 1.165) is 22.4 Å². The SMILES string of the molecule is S=c1[nH]ncn1/N=C\c1cn(Cc2ccccc2Cl)nc1-c1ccccc1. The molecule has 2 heterocycles. The second-order valence-corrected chi connectivity index (χ2v) is 6.63. The van der Waals surface area contributed by atoms with Gasteiger partial charge in [0.05, 0.1) is 12.8 Å². The third kappa shape index (κ3) is 3.89. The van der Waals surface area contributed by atoms with Crippen LogP contribution < -0.4 is 0 Å². The molecule has 27 heavy (non-hydrogen) atoms. The van der Waals surface area contributed by atoms with Crippen LogP contribution in [0.25, 0.3) is 11.3 Å². The number of hydrogen-bond donors (Lipinski definition) is 1. The Kier molecular flexibility index (Phi) is 4.95. The maximum atomic E-state index is 6.29. The van der Waals surface area contributed by atoms with Crippen molar-refractivity contribution in [3.8, 4) is 11.3 Å². The highest BCUT2D eigenvalue weighted by molar-refractivity contribution is 7.71. The van der Waals surface area contributed by atoms with E-state index in [2.05, 4.69) is 15.3 Å². The molecule has 8 heteroatoms. The molecule has 2 aromatic carbocycles. The number of nitrogens with zero attached hydrogens (tertiary/aromatic N) is 5. The van der Waals surface area contributed by atoms with Gasteiger partial charge in [0, 0.05) is 22.3 Å². The van der Waals surface area contributed by atoms with Crippen LogP contribution in [-0.2, 0) is 6.54 Å². The average Bonchev–Trinajstić information content (AvgIpc) is 3.28. The van der Waals surface area contributed by atoms with Crippen LogP contribution in [0.15, 0.2) is 72.2 Å². The fourth-order valence-corrected chi connectivity index (χ4v) is 3.03. The molecule has 0 saturated carbocycles. The first-order valence-electron chi connectivity index (χ1n) is 8.23. The van der Waals surface area contributed by atoms with E-state index in [1.165, 1.54) is 11.0 Å².